The Morgan fingerprint density at radius 2 is 1.71 bits per heavy atom. The Kier molecular flexibility index (Phi) is 7.03. The second-order valence-electron chi connectivity index (χ2n) is 6.09. The van der Waals surface area contributed by atoms with Crippen molar-refractivity contribution >= 4 is 17.5 Å². The van der Waals surface area contributed by atoms with Crippen molar-refractivity contribution in [3.63, 3.8) is 0 Å². The van der Waals surface area contributed by atoms with Crippen LogP contribution in [0, 0.1) is 0 Å². The van der Waals surface area contributed by atoms with Gasteiger partial charge in [-0.05, 0) is 30.2 Å². The molecule has 28 heavy (non-hydrogen) atoms. The van der Waals surface area contributed by atoms with Gasteiger partial charge in [-0.15, -0.1) is 0 Å². The summed E-state index contributed by atoms with van der Waals surface area (Å²) in [5.74, 6) is -0.393. The number of carbonyl (C=O) groups excluding carboxylic acids is 2. The summed E-state index contributed by atoms with van der Waals surface area (Å²) < 4.78 is 44.4. The number of methoxy groups -OCH3 is 1. The van der Waals surface area contributed by atoms with E-state index in [2.05, 4.69) is 5.32 Å². The molecule has 0 unspecified atom stereocenters. The fraction of sp³-hybridized carbons (Fsp3) is 0.300. The summed E-state index contributed by atoms with van der Waals surface area (Å²) in [7, 11) is 1.53. The lowest BCUT2D eigenvalue weighted by Gasteiger charge is -2.22. The highest BCUT2D eigenvalue weighted by atomic mass is 19.4. The fourth-order valence-electron chi connectivity index (χ4n) is 2.72. The molecule has 0 saturated heterocycles. The topological polar surface area (TPSA) is 58.6 Å². The van der Waals surface area contributed by atoms with Gasteiger partial charge >= 0.3 is 6.18 Å². The van der Waals surface area contributed by atoms with Crippen molar-refractivity contribution in [3.8, 4) is 5.75 Å². The molecule has 1 N–H and O–H groups in total. The summed E-state index contributed by atoms with van der Waals surface area (Å²) in [4.78, 5) is 25.4. The minimum atomic E-state index is -4.59. The first-order valence-electron chi connectivity index (χ1n) is 8.56. The molecule has 2 aromatic carbocycles. The zero-order valence-electron chi connectivity index (χ0n) is 15.5. The minimum Gasteiger partial charge on any atom is -0.496 e. The van der Waals surface area contributed by atoms with Crippen molar-refractivity contribution in [2.24, 2.45) is 0 Å². The van der Waals surface area contributed by atoms with Crippen LogP contribution in [-0.2, 0) is 22.2 Å². The number of anilines is 1. The Morgan fingerprint density at radius 1 is 1.07 bits per heavy atom. The van der Waals surface area contributed by atoms with E-state index in [1.54, 1.807) is 6.07 Å². The molecular weight excluding hydrogens is 373 g/mol. The third-order valence-corrected chi connectivity index (χ3v) is 4.13. The highest BCUT2D eigenvalue weighted by Gasteiger charge is 2.33. The van der Waals surface area contributed by atoms with E-state index in [1.165, 1.54) is 37.1 Å². The van der Waals surface area contributed by atoms with Crippen LogP contribution < -0.4 is 10.1 Å². The quantitative estimate of drug-likeness (QED) is 0.778. The molecule has 0 spiro atoms. The van der Waals surface area contributed by atoms with E-state index >= 15 is 0 Å². The van der Waals surface area contributed by atoms with Crippen molar-refractivity contribution in [1.82, 2.24) is 4.90 Å². The monoisotopic (exact) mass is 394 g/mol. The second kappa shape index (κ2) is 9.25. The van der Waals surface area contributed by atoms with Crippen LogP contribution in [0.4, 0.5) is 18.9 Å². The molecule has 2 amide bonds. The standard InChI is InChI=1S/C20H21F3N2O3/c1-14(26)25(12-11-15-7-3-6-10-18(15)28-2)13-19(27)24-17-9-5-4-8-16(17)20(21,22)23/h3-10H,11-13H2,1-2H3,(H,24,27). The van der Waals surface area contributed by atoms with Gasteiger partial charge < -0.3 is 15.0 Å². The average molecular weight is 394 g/mol. The van der Waals surface area contributed by atoms with Crippen molar-refractivity contribution in [1.29, 1.82) is 0 Å². The maximum absolute atomic E-state index is 13.0. The van der Waals surface area contributed by atoms with Gasteiger partial charge in [0.1, 0.15) is 5.75 Å². The molecule has 0 saturated carbocycles. The van der Waals surface area contributed by atoms with Gasteiger partial charge in [0.2, 0.25) is 11.8 Å². The molecule has 150 valence electrons. The van der Waals surface area contributed by atoms with Crippen LogP contribution in [0.3, 0.4) is 0 Å². The van der Waals surface area contributed by atoms with Crippen molar-refractivity contribution < 1.29 is 27.5 Å². The number of hydrogen-bond acceptors (Lipinski definition) is 3. The van der Waals surface area contributed by atoms with Crippen LogP contribution in [0.15, 0.2) is 48.5 Å². The lowest BCUT2D eigenvalue weighted by molar-refractivity contribution is -0.137. The molecule has 0 aliphatic heterocycles. The van der Waals surface area contributed by atoms with E-state index in [9.17, 15) is 22.8 Å². The fourth-order valence-corrected chi connectivity index (χ4v) is 2.72. The molecule has 5 nitrogen and oxygen atoms in total. The third-order valence-electron chi connectivity index (χ3n) is 4.13. The number of rotatable bonds is 7. The Hall–Kier alpha value is -3.03. The van der Waals surface area contributed by atoms with E-state index in [4.69, 9.17) is 4.74 Å². The van der Waals surface area contributed by atoms with Gasteiger partial charge in [0.15, 0.2) is 0 Å². The number of ether oxygens (including phenoxy) is 1. The van der Waals surface area contributed by atoms with E-state index < -0.39 is 17.6 Å². The molecule has 0 radical (unpaired) electrons. The van der Waals surface area contributed by atoms with Gasteiger partial charge in [-0.2, -0.15) is 13.2 Å². The zero-order valence-corrected chi connectivity index (χ0v) is 15.5. The maximum atomic E-state index is 13.0. The average Bonchev–Trinajstić information content (AvgIpc) is 2.64. The van der Waals surface area contributed by atoms with E-state index in [0.717, 1.165) is 11.6 Å². The Bertz CT molecular complexity index is 837. The number of carbonyl (C=O) groups is 2. The van der Waals surface area contributed by atoms with Crippen molar-refractivity contribution in [2.75, 3.05) is 25.5 Å². The van der Waals surface area contributed by atoms with Crippen LogP contribution >= 0.6 is 0 Å². The first-order chi connectivity index (χ1) is 13.2. The number of benzene rings is 2. The summed E-state index contributed by atoms with van der Waals surface area (Å²) in [6, 6.07) is 12.0. The highest BCUT2D eigenvalue weighted by Crippen LogP contribution is 2.34. The normalized spacial score (nSPS) is 11.0. The summed E-state index contributed by atoms with van der Waals surface area (Å²) >= 11 is 0. The number of halogens is 3. The zero-order chi connectivity index (χ0) is 20.7. The highest BCUT2D eigenvalue weighted by molar-refractivity contribution is 5.95. The lowest BCUT2D eigenvalue weighted by atomic mass is 10.1. The molecular formula is C20H21F3N2O3. The molecule has 0 aromatic heterocycles. The number of hydrogen-bond donors (Lipinski definition) is 1. The van der Waals surface area contributed by atoms with E-state index in [0.29, 0.717) is 12.2 Å². The predicted molar refractivity (Wildman–Crippen MR) is 99.0 cm³/mol. The van der Waals surface area contributed by atoms with Gasteiger partial charge in [-0.25, -0.2) is 0 Å². The first kappa shape index (κ1) is 21.3. The molecule has 0 bridgehead atoms. The molecule has 0 fully saturated rings. The molecule has 0 aliphatic carbocycles. The predicted octanol–water partition coefficient (Wildman–Crippen LogP) is 3.74. The van der Waals surface area contributed by atoms with Crippen LogP contribution in [0.2, 0.25) is 0 Å². The number of para-hydroxylation sites is 2. The second-order valence-corrected chi connectivity index (χ2v) is 6.09. The summed E-state index contributed by atoms with van der Waals surface area (Å²) in [6.07, 6.45) is -4.15. The largest absolute Gasteiger partial charge is 0.496 e. The SMILES string of the molecule is COc1ccccc1CCN(CC(=O)Nc1ccccc1C(F)(F)F)C(C)=O. The van der Waals surface area contributed by atoms with Crippen LogP contribution in [0.5, 0.6) is 5.75 Å². The van der Waals surface area contributed by atoms with Gasteiger partial charge in [0.05, 0.1) is 24.9 Å². The van der Waals surface area contributed by atoms with Crippen LogP contribution in [-0.4, -0.2) is 36.9 Å². The molecule has 0 atom stereocenters. The number of alkyl halides is 3. The Balaban J connectivity index is 2.05. The summed E-state index contributed by atoms with van der Waals surface area (Å²) in [5.41, 5.74) is -0.418. The molecule has 0 heterocycles. The van der Waals surface area contributed by atoms with Gasteiger partial charge in [0.25, 0.3) is 0 Å². The van der Waals surface area contributed by atoms with Crippen molar-refractivity contribution in [2.45, 2.75) is 19.5 Å². The maximum Gasteiger partial charge on any atom is 0.418 e. The number of nitrogens with one attached hydrogen (secondary N) is 1. The molecule has 2 rings (SSSR count). The Morgan fingerprint density at radius 3 is 2.36 bits per heavy atom. The van der Waals surface area contributed by atoms with Crippen LogP contribution in [0.1, 0.15) is 18.1 Å². The van der Waals surface area contributed by atoms with Crippen molar-refractivity contribution in [3.05, 3.63) is 59.7 Å². The van der Waals surface area contributed by atoms with E-state index in [-0.39, 0.29) is 24.7 Å². The van der Waals surface area contributed by atoms with Gasteiger partial charge in [-0.3, -0.25) is 9.59 Å². The first-order valence-corrected chi connectivity index (χ1v) is 8.56. The number of nitrogens with zero attached hydrogens (tertiary/aromatic N) is 1. The lowest BCUT2D eigenvalue weighted by Crippen LogP contribution is -2.38. The summed E-state index contributed by atoms with van der Waals surface area (Å²) in [5, 5.41) is 2.25. The Labute approximate surface area is 161 Å². The van der Waals surface area contributed by atoms with Gasteiger partial charge in [-0.1, -0.05) is 30.3 Å². The smallest absolute Gasteiger partial charge is 0.418 e. The number of amides is 2. The molecule has 8 heteroatoms. The van der Waals surface area contributed by atoms with Crippen LogP contribution in [0.25, 0.3) is 0 Å². The molecule has 0 aliphatic rings. The molecule has 2 aromatic rings. The third kappa shape index (κ3) is 5.73. The van der Waals surface area contributed by atoms with Gasteiger partial charge in [0, 0.05) is 13.5 Å². The van der Waals surface area contributed by atoms with E-state index in [1.807, 2.05) is 18.2 Å². The minimum absolute atomic E-state index is 0.226. The summed E-state index contributed by atoms with van der Waals surface area (Å²) in [6.45, 7) is 1.18.